The SMILES string of the molecule is CC(=O)Nc1nc(Cn2cnc3c(oc4ccccc43)c2=O)cs1. The maximum absolute atomic E-state index is 12.6. The van der Waals surface area contributed by atoms with Gasteiger partial charge in [0.05, 0.1) is 18.6 Å². The maximum Gasteiger partial charge on any atom is 0.297 e. The molecule has 0 atom stereocenters. The van der Waals surface area contributed by atoms with Crippen molar-refractivity contribution in [3.05, 3.63) is 52.0 Å². The first-order valence-electron chi connectivity index (χ1n) is 7.20. The lowest BCUT2D eigenvalue weighted by Crippen LogP contribution is -2.20. The van der Waals surface area contributed by atoms with E-state index in [0.29, 0.717) is 21.9 Å². The summed E-state index contributed by atoms with van der Waals surface area (Å²) in [6.07, 6.45) is 1.49. The Morgan fingerprint density at radius 3 is 3.04 bits per heavy atom. The number of carbonyl (C=O) groups excluding carboxylic acids is 1. The lowest BCUT2D eigenvalue weighted by Gasteiger charge is -2.01. The molecule has 0 bridgehead atoms. The van der Waals surface area contributed by atoms with E-state index in [1.807, 2.05) is 18.2 Å². The summed E-state index contributed by atoms with van der Waals surface area (Å²) in [5, 5.41) is 5.73. The van der Waals surface area contributed by atoms with Crippen LogP contribution in [0.2, 0.25) is 0 Å². The smallest absolute Gasteiger partial charge is 0.297 e. The number of aromatic nitrogens is 3. The number of nitrogens with one attached hydrogen (secondary N) is 1. The molecule has 24 heavy (non-hydrogen) atoms. The molecule has 0 aliphatic carbocycles. The van der Waals surface area contributed by atoms with Crippen molar-refractivity contribution in [3.63, 3.8) is 0 Å². The highest BCUT2D eigenvalue weighted by Gasteiger charge is 2.14. The van der Waals surface area contributed by atoms with Crippen LogP contribution in [0.4, 0.5) is 5.13 Å². The first kappa shape index (κ1) is 14.6. The highest BCUT2D eigenvalue weighted by Crippen LogP contribution is 2.24. The van der Waals surface area contributed by atoms with E-state index in [0.717, 1.165) is 5.39 Å². The largest absolute Gasteiger partial charge is 0.448 e. The summed E-state index contributed by atoms with van der Waals surface area (Å²) in [4.78, 5) is 32.3. The molecule has 1 aromatic carbocycles. The molecule has 7 nitrogen and oxygen atoms in total. The first-order valence-corrected chi connectivity index (χ1v) is 8.08. The average molecular weight is 340 g/mol. The van der Waals surface area contributed by atoms with Crippen LogP contribution in [-0.4, -0.2) is 20.4 Å². The second-order valence-corrected chi connectivity index (χ2v) is 6.14. The fourth-order valence-electron chi connectivity index (χ4n) is 2.49. The average Bonchev–Trinajstić information content (AvgIpc) is 3.14. The van der Waals surface area contributed by atoms with Gasteiger partial charge in [-0.1, -0.05) is 12.1 Å². The monoisotopic (exact) mass is 340 g/mol. The Morgan fingerprint density at radius 1 is 1.38 bits per heavy atom. The van der Waals surface area contributed by atoms with Crippen LogP contribution >= 0.6 is 11.3 Å². The molecule has 4 rings (SSSR count). The van der Waals surface area contributed by atoms with Crippen molar-refractivity contribution in [3.8, 4) is 0 Å². The summed E-state index contributed by atoms with van der Waals surface area (Å²) in [5.74, 6) is -0.182. The number of fused-ring (bicyclic) bond motifs is 3. The zero-order chi connectivity index (χ0) is 16.7. The number of nitrogens with zero attached hydrogens (tertiary/aromatic N) is 3. The molecule has 0 saturated carbocycles. The number of para-hydroxylation sites is 1. The molecule has 8 heteroatoms. The van der Waals surface area contributed by atoms with Gasteiger partial charge in [-0.25, -0.2) is 9.97 Å². The van der Waals surface area contributed by atoms with Crippen molar-refractivity contribution in [1.29, 1.82) is 0 Å². The number of hydrogen-bond acceptors (Lipinski definition) is 6. The zero-order valence-electron chi connectivity index (χ0n) is 12.6. The molecule has 4 aromatic rings. The lowest BCUT2D eigenvalue weighted by molar-refractivity contribution is -0.114. The van der Waals surface area contributed by atoms with Gasteiger partial charge in [-0.2, -0.15) is 0 Å². The molecule has 3 heterocycles. The van der Waals surface area contributed by atoms with Crippen LogP contribution in [0.1, 0.15) is 12.6 Å². The first-order chi connectivity index (χ1) is 11.6. The van der Waals surface area contributed by atoms with E-state index in [-0.39, 0.29) is 23.6 Å². The number of furan rings is 1. The summed E-state index contributed by atoms with van der Waals surface area (Å²) >= 11 is 1.31. The van der Waals surface area contributed by atoms with E-state index in [1.54, 1.807) is 11.4 Å². The van der Waals surface area contributed by atoms with Crippen molar-refractivity contribution in [2.75, 3.05) is 5.32 Å². The van der Waals surface area contributed by atoms with Crippen molar-refractivity contribution >= 4 is 44.4 Å². The number of rotatable bonds is 3. The van der Waals surface area contributed by atoms with Gasteiger partial charge in [0, 0.05) is 17.7 Å². The number of carbonyl (C=O) groups is 1. The van der Waals surface area contributed by atoms with Gasteiger partial charge in [0.15, 0.2) is 5.13 Å². The summed E-state index contributed by atoms with van der Waals surface area (Å²) in [5.41, 5.74) is 1.84. The molecule has 0 aliphatic rings. The second-order valence-electron chi connectivity index (χ2n) is 5.28. The van der Waals surface area contributed by atoms with Crippen molar-refractivity contribution in [2.45, 2.75) is 13.5 Å². The molecule has 0 saturated heterocycles. The Labute approximate surface area is 139 Å². The van der Waals surface area contributed by atoms with Crippen molar-refractivity contribution in [2.24, 2.45) is 0 Å². The van der Waals surface area contributed by atoms with Crippen LogP contribution in [0.5, 0.6) is 0 Å². The Kier molecular flexibility index (Phi) is 3.39. The maximum atomic E-state index is 12.6. The van der Waals surface area contributed by atoms with Gasteiger partial charge in [-0.05, 0) is 12.1 Å². The van der Waals surface area contributed by atoms with Gasteiger partial charge in [0.2, 0.25) is 11.5 Å². The Bertz CT molecular complexity index is 1130. The van der Waals surface area contributed by atoms with Crippen LogP contribution < -0.4 is 10.9 Å². The van der Waals surface area contributed by atoms with Crippen molar-refractivity contribution in [1.82, 2.24) is 14.5 Å². The molecule has 0 radical (unpaired) electrons. The van der Waals surface area contributed by atoms with Gasteiger partial charge in [0.25, 0.3) is 5.56 Å². The highest BCUT2D eigenvalue weighted by molar-refractivity contribution is 7.13. The third-order valence-corrected chi connectivity index (χ3v) is 4.32. The topological polar surface area (TPSA) is 90.0 Å². The third-order valence-electron chi connectivity index (χ3n) is 3.52. The van der Waals surface area contributed by atoms with Crippen LogP contribution in [0.3, 0.4) is 0 Å². The minimum Gasteiger partial charge on any atom is -0.448 e. The number of benzene rings is 1. The molecular weight excluding hydrogens is 328 g/mol. The minimum atomic E-state index is -0.259. The van der Waals surface area contributed by atoms with Crippen LogP contribution in [0.25, 0.3) is 22.1 Å². The minimum absolute atomic E-state index is 0.182. The van der Waals surface area contributed by atoms with E-state index >= 15 is 0 Å². The highest BCUT2D eigenvalue weighted by atomic mass is 32.1. The molecule has 3 aromatic heterocycles. The molecule has 1 N–H and O–H groups in total. The standard InChI is InChI=1S/C16H12N4O3S/c1-9(21)18-16-19-10(7-24-16)6-20-8-17-13-11-4-2-3-5-12(11)23-14(13)15(20)22/h2-5,7-8H,6H2,1H3,(H,18,19,21). The van der Waals surface area contributed by atoms with E-state index < -0.39 is 0 Å². The predicted octanol–water partition coefficient (Wildman–Crippen LogP) is 2.61. The molecule has 0 spiro atoms. The fourth-order valence-corrected chi connectivity index (χ4v) is 3.24. The normalized spacial score (nSPS) is 11.2. The van der Waals surface area contributed by atoms with Crippen LogP contribution in [0, 0.1) is 0 Å². The van der Waals surface area contributed by atoms with E-state index in [1.165, 1.54) is 29.2 Å². The third kappa shape index (κ3) is 2.46. The number of thiazole rings is 1. The van der Waals surface area contributed by atoms with Gasteiger partial charge in [-0.15, -0.1) is 11.3 Å². The summed E-state index contributed by atoms with van der Waals surface area (Å²) in [6, 6.07) is 7.41. The molecule has 120 valence electrons. The molecule has 0 aliphatic heterocycles. The lowest BCUT2D eigenvalue weighted by atomic mass is 10.2. The zero-order valence-corrected chi connectivity index (χ0v) is 13.5. The van der Waals surface area contributed by atoms with Crippen LogP contribution in [-0.2, 0) is 11.3 Å². The van der Waals surface area contributed by atoms with E-state index in [9.17, 15) is 9.59 Å². The van der Waals surface area contributed by atoms with Gasteiger partial charge >= 0.3 is 0 Å². The number of hydrogen-bond donors (Lipinski definition) is 1. The number of anilines is 1. The molecule has 0 unspecified atom stereocenters. The second kappa shape index (κ2) is 5.57. The molecular formula is C16H12N4O3S. The Balaban J connectivity index is 1.73. The predicted molar refractivity (Wildman–Crippen MR) is 91.3 cm³/mol. The van der Waals surface area contributed by atoms with E-state index in [4.69, 9.17) is 4.42 Å². The fraction of sp³-hybridized carbons (Fsp3) is 0.125. The van der Waals surface area contributed by atoms with E-state index in [2.05, 4.69) is 15.3 Å². The Hall–Kier alpha value is -3.00. The summed E-state index contributed by atoms with van der Waals surface area (Å²) < 4.78 is 7.09. The molecule has 1 amide bonds. The van der Waals surface area contributed by atoms with Crippen LogP contribution in [0.15, 0.2) is 45.2 Å². The van der Waals surface area contributed by atoms with Gasteiger partial charge < -0.3 is 9.73 Å². The molecule has 0 fully saturated rings. The number of amides is 1. The Morgan fingerprint density at radius 2 is 2.21 bits per heavy atom. The summed E-state index contributed by atoms with van der Waals surface area (Å²) in [7, 11) is 0. The summed E-state index contributed by atoms with van der Waals surface area (Å²) in [6.45, 7) is 1.68. The quantitative estimate of drug-likeness (QED) is 0.619. The van der Waals surface area contributed by atoms with Crippen molar-refractivity contribution < 1.29 is 9.21 Å². The van der Waals surface area contributed by atoms with Gasteiger partial charge in [-0.3, -0.25) is 14.2 Å². The van der Waals surface area contributed by atoms with Gasteiger partial charge in [0.1, 0.15) is 11.1 Å².